The molecule has 6 heteroatoms. The first-order valence-corrected chi connectivity index (χ1v) is 5.73. The Bertz CT molecular complexity index is 337. The van der Waals surface area contributed by atoms with Crippen molar-refractivity contribution >= 4 is 0 Å². The van der Waals surface area contributed by atoms with Crippen LogP contribution in [0.25, 0.3) is 0 Å². The van der Waals surface area contributed by atoms with Crippen LogP contribution in [0.4, 0.5) is 13.2 Å². The Balaban J connectivity index is 1.81. The summed E-state index contributed by atoms with van der Waals surface area (Å²) in [6.45, 7) is 0.440. The van der Waals surface area contributed by atoms with Crippen molar-refractivity contribution in [3.05, 3.63) is 18.4 Å². The Morgan fingerprint density at radius 3 is 2.88 bits per heavy atom. The molecular weight excluding hydrogens is 233 g/mol. The molecule has 96 valence electrons. The van der Waals surface area contributed by atoms with Gasteiger partial charge in [0.2, 0.25) is 0 Å². The van der Waals surface area contributed by atoms with Crippen molar-refractivity contribution in [1.82, 2.24) is 10.3 Å². The molecule has 0 aromatic carbocycles. The second kappa shape index (κ2) is 5.08. The van der Waals surface area contributed by atoms with Crippen molar-refractivity contribution in [3.8, 4) is 0 Å². The number of aromatic nitrogens is 1. The number of oxazole rings is 1. The molecule has 0 amide bonds. The average molecular weight is 248 g/mol. The summed E-state index contributed by atoms with van der Waals surface area (Å²) in [5, 5.41) is 3.09. The highest BCUT2D eigenvalue weighted by Crippen LogP contribution is 2.37. The van der Waals surface area contributed by atoms with Crippen molar-refractivity contribution < 1.29 is 17.6 Å². The molecule has 0 aliphatic heterocycles. The van der Waals surface area contributed by atoms with E-state index in [0.717, 1.165) is 6.42 Å². The lowest BCUT2D eigenvalue weighted by molar-refractivity contribution is -0.183. The Morgan fingerprint density at radius 1 is 1.41 bits per heavy atom. The van der Waals surface area contributed by atoms with Gasteiger partial charge in [-0.25, -0.2) is 4.98 Å². The monoisotopic (exact) mass is 248 g/mol. The third kappa shape index (κ3) is 3.46. The predicted octanol–water partition coefficient (Wildman–Crippen LogP) is 2.89. The first-order valence-electron chi connectivity index (χ1n) is 5.73. The highest BCUT2D eigenvalue weighted by Gasteiger charge is 2.41. The van der Waals surface area contributed by atoms with Crippen LogP contribution in [0.5, 0.6) is 0 Å². The van der Waals surface area contributed by atoms with Gasteiger partial charge >= 0.3 is 6.18 Å². The molecule has 0 spiro atoms. The molecule has 1 aliphatic carbocycles. The summed E-state index contributed by atoms with van der Waals surface area (Å²) in [6.07, 6.45) is 0.653. The van der Waals surface area contributed by atoms with Crippen molar-refractivity contribution in [2.24, 2.45) is 5.92 Å². The van der Waals surface area contributed by atoms with E-state index in [1.54, 1.807) is 6.20 Å². The molecule has 1 heterocycles. The normalized spacial score (nSPS) is 26.1. The smallest absolute Gasteiger partial charge is 0.391 e. The molecule has 1 aromatic rings. The number of hydrogen-bond donors (Lipinski definition) is 1. The maximum Gasteiger partial charge on any atom is 0.391 e. The van der Waals surface area contributed by atoms with Gasteiger partial charge in [-0.15, -0.1) is 0 Å². The van der Waals surface area contributed by atoms with E-state index in [9.17, 15) is 13.2 Å². The van der Waals surface area contributed by atoms with Gasteiger partial charge in [0, 0.05) is 6.04 Å². The second-order valence-corrected chi connectivity index (χ2v) is 4.45. The van der Waals surface area contributed by atoms with E-state index in [1.807, 2.05) is 0 Å². The molecule has 1 aliphatic rings. The van der Waals surface area contributed by atoms with Gasteiger partial charge in [0.1, 0.15) is 5.76 Å². The molecule has 0 saturated heterocycles. The van der Waals surface area contributed by atoms with Crippen molar-refractivity contribution in [2.75, 3.05) is 0 Å². The van der Waals surface area contributed by atoms with E-state index < -0.39 is 12.1 Å². The van der Waals surface area contributed by atoms with Gasteiger partial charge in [-0.2, -0.15) is 13.2 Å². The lowest BCUT2D eigenvalue weighted by Gasteiger charge is -2.30. The van der Waals surface area contributed by atoms with Crippen LogP contribution in [0.1, 0.15) is 31.4 Å². The molecule has 2 atom stereocenters. The van der Waals surface area contributed by atoms with Gasteiger partial charge in [-0.05, 0) is 19.3 Å². The molecule has 2 rings (SSSR count). The Kier molecular flexibility index (Phi) is 3.71. The summed E-state index contributed by atoms with van der Waals surface area (Å²) in [6, 6.07) is -0.0829. The minimum absolute atomic E-state index is 0.0829. The van der Waals surface area contributed by atoms with Crippen molar-refractivity contribution in [2.45, 2.75) is 44.4 Å². The fourth-order valence-corrected chi connectivity index (χ4v) is 2.25. The SMILES string of the molecule is FC(F)(F)C1CCCC(NCc2cnco2)C1. The number of hydrogen-bond acceptors (Lipinski definition) is 3. The number of alkyl halides is 3. The van der Waals surface area contributed by atoms with E-state index in [2.05, 4.69) is 10.3 Å². The van der Waals surface area contributed by atoms with E-state index >= 15 is 0 Å². The van der Waals surface area contributed by atoms with Gasteiger partial charge in [-0.3, -0.25) is 0 Å². The molecule has 3 nitrogen and oxygen atoms in total. The molecule has 17 heavy (non-hydrogen) atoms. The molecule has 1 saturated carbocycles. The molecule has 1 aromatic heterocycles. The maximum absolute atomic E-state index is 12.6. The first-order chi connectivity index (χ1) is 8.05. The zero-order chi connectivity index (χ0) is 12.3. The standard InChI is InChI=1S/C11H15F3N2O/c12-11(13,14)8-2-1-3-9(4-8)16-6-10-5-15-7-17-10/h5,7-9,16H,1-4,6H2. The number of nitrogens with one attached hydrogen (secondary N) is 1. The summed E-state index contributed by atoms with van der Waals surface area (Å²) in [5.74, 6) is -0.511. The highest BCUT2D eigenvalue weighted by molar-refractivity contribution is 4.89. The summed E-state index contributed by atoms with van der Waals surface area (Å²) in [7, 11) is 0. The lowest BCUT2D eigenvalue weighted by atomic mass is 9.85. The summed E-state index contributed by atoms with van der Waals surface area (Å²) >= 11 is 0. The zero-order valence-electron chi connectivity index (χ0n) is 9.33. The van der Waals surface area contributed by atoms with Crippen LogP contribution in [-0.4, -0.2) is 17.2 Å². The van der Waals surface area contributed by atoms with Crippen LogP contribution in [-0.2, 0) is 6.54 Å². The molecule has 1 N–H and O–H groups in total. The minimum atomic E-state index is -4.06. The van der Waals surface area contributed by atoms with Gasteiger partial charge in [0.05, 0.1) is 18.7 Å². The Labute approximate surface area is 97.4 Å². The van der Waals surface area contributed by atoms with Crippen LogP contribution < -0.4 is 5.32 Å². The van der Waals surface area contributed by atoms with E-state index in [1.165, 1.54) is 6.39 Å². The topological polar surface area (TPSA) is 38.1 Å². The molecule has 2 unspecified atom stereocenters. The average Bonchev–Trinajstić information content (AvgIpc) is 2.78. The number of rotatable bonds is 3. The van der Waals surface area contributed by atoms with Crippen LogP contribution in [0, 0.1) is 5.92 Å². The molecule has 0 bridgehead atoms. The zero-order valence-corrected chi connectivity index (χ0v) is 9.33. The maximum atomic E-state index is 12.6. The Hall–Kier alpha value is -1.04. The third-order valence-electron chi connectivity index (χ3n) is 3.19. The van der Waals surface area contributed by atoms with Crippen molar-refractivity contribution in [1.29, 1.82) is 0 Å². The number of halogens is 3. The third-order valence-corrected chi connectivity index (χ3v) is 3.19. The fourth-order valence-electron chi connectivity index (χ4n) is 2.25. The Morgan fingerprint density at radius 2 is 2.24 bits per heavy atom. The first kappa shape index (κ1) is 12.4. The quantitative estimate of drug-likeness (QED) is 0.893. The molecule has 0 radical (unpaired) electrons. The van der Waals surface area contributed by atoms with Crippen molar-refractivity contribution in [3.63, 3.8) is 0 Å². The van der Waals surface area contributed by atoms with Gasteiger partial charge in [0.25, 0.3) is 0 Å². The van der Waals surface area contributed by atoms with Crippen LogP contribution in [0.3, 0.4) is 0 Å². The van der Waals surface area contributed by atoms with Gasteiger partial charge in [0.15, 0.2) is 6.39 Å². The summed E-state index contributed by atoms with van der Waals surface area (Å²) < 4.78 is 42.7. The molecule has 1 fully saturated rings. The summed E-state index contributed by atoms with van der Waals surface area (Å²) in [4.78, 5) is 3.75. The fraction of sp³-hybridized carbons (Fsp3) is 0.727. The predicted molar refractivity (Wildman–Crippen MR) is 55.1 cm³/mol. The summed E-state index contributed by atoms with van der Waals surface area (Å²) in [5.41, 5.74) is 0. The van der Waals surface area contributed by atoms with Crippen LogP contribution >= 0.6 is 0 Å². The second-order valence-electron chi connectivity index (χ2n) is 4.45. The number of nitrogens with zero attached hydrogens (tertiary/aromatic N) is 1. The largest absolute Gasteiger partial charge is 0.447 e. The van der Waals surface area contributed by atoms with Gasteiger partial charge in [-0.1, -0.05) is 6.42 Å². The minimum Gasteiger partial charge on any atom is -0.447 e. The van der Waals surface area contributed by atoms with Gasteiger partial charge < -0.3 is 9.73 Å². The highest BCUT2D eigenvalue weighted by atomic mass is 19.4. The van der Waals surface area contributed by atoms with Crippen LogP contribution in [0.15, 0.2) is 17.0 Å². The van der Waals surface area contributed by atoms with E-state index in [4.69, 9.17) is 4.42 Å². The van der Waals surface area contributed by atoms with E-state index in [-0.39, 0.29) is 18.9 Å². The molecular formula is C11H15F3N2O. The lowest BCUT2D eigenvalue weighted by Crippen LogP contribution is -2.38. The van der Waals surface area contributed by atoms with Crippen LogP contribution in [0.2, 0.25) is 0 Å². The van der Waals surface area contributed by atoms with E-state index in [0.29, 0.717) is 18.7 Å².